The van der Waals surface area contributed by atoms with E-state index in [-0.39, 0.29) is 18.5 Å². The SMILES string of the molecule is CCOC(=O)C(CNC(=O)Nc1ccc2[nH]cc(C3CCN(C)CC3)c2c1)c1ccccc1. The number of hydrogen-bond donors (Lipinski definition) is 3. The maximum absolute atomic E-state index is 12.6. The molecule has 1 atom stereocenters. The summed E-state index contributed by atoms with van der Waals surface area (Å²) in [6.07, 6.45) is 4.38. The minimum absolute atomic E-state index is 0.155. The molecule has 174 valence electrons. The number of urea groups is 1. The minimum Gasteiger partial charge on any atom is -0.465 e. The number of fused-ring (bicyclic) bond motifs is 1. The molecule has 3 aromatic rings. The lowest BCUT2D eigenvalue weighted by molar-refractivity contribution is -0.144. The van der Waals surface area contributed by atoms with Gasteiger partial charge in [-0.2, -0.15) is 0 Å². The van der Waals surface area contributed by atoms with Gasteiger partial charge in [0, 0.05) is 29.3 Å². The molecule has 1 aliphatic rings. The van der Waals surface area contributed by atoms with Crippen LogP contribution >= 0.6 is 0 Å². The highest BCUT2D eigenvalue weighted by molar-refractivity contribution is 5.94. The Morgan fingerprint density at radius 3 is 2.64 bits per heavy atom. The van der Waals surface area contributed by atoms with Gasteiger partial charge in [0.1, 0.15) is 0 Å². The first-order valence-corrected chi connectivity index (χ1v) is 11.6. The highest BCUT2D eigenvalue weighted by atomic mass is 16.5. The van der Waals surface area contributed by atoms with Crippen molar-refractivity contribution in [2.45, 2.75) is 31.6 Å². The van der Waals surface area contributed by atoms with E-state index in [0.717, 1.165) is 48.1 Å². The number of H-pyrrole nitrogens is 1. The van der Waals surface area contributed by atoms with Gasteiger partial charge in [-0.25, -0.2) is 4.79 Å². The number of amides is 2. The van der Waals surface area contributed by atoms with Gasteiger partial charge in [-0.05, 0) is 75.1 Å². The molecule has 1 saturated heterocycles. The van der Waals surface area contributed by atoms with Gasteiger partial charge in [0.05, 0.1) is 12.5 Å². The molecule has 0 aliphatic carbocycles. The number of nitrogens with zero attached hydrogens (tertiary/aromatic N) is 1. The number of benzene rings is 2. The third kappa shape index (κ3) is 5.54. The Balaban J connectivity index is 1.42. The van der Waals surface area contributed by atoms with Crippen molar-refractivity contribution in [2.75, 3.05) is 38.6 Å². The van der Waals surface area contributed by atoms with E-state index in [1.807, 2.05) is 48.5 Å². The normalized spacial score (nSPS) is 15.8. The number of carbonyl (C=O) groups is 2. The molecule has 0 radical (unpaired) electrons. The molecule has 0 spiro atoms. The molecule has 1 fully saturated rings. The van der Waals surface area contributed by atoms with E-state index in [1.54, 1.807) is 6.92 Å². The monoisotopic (exact) mass is 448 g/mol. The maximum Gasteiger partial charge on any atom is 0.319 e. The highest BCUT2D eigenvalue weighted by Crippen LogP contribution is 2.34. The van der Waals surface area contributed by atoms with Gasteiger partial charge in [-0.15, -0.1) is 0 Å². The van der Waals surface area contributed by atoms with E-state index in [1.165, 1.54) is 5.56 Å². The molecule has 7 heteroatoms. The predicted octanol–water partition coefficient (Wildman–Crippen LogP) is 4.45. The number of anilines is 1. The van der Waals surface area contributed by atoms with E-state index < -0.39 is 5.92 Å². The van der Waals surface area contributed by atoms with Crippen LogP contribution in [0.4, 0.5) is 10.5 Å². The molecule has 1 aromatic heterocycles. The molecular formula is C26H32N4O3. The zero-order valence-corrected chi connectivity index (χ0v) is 19.3. The Labute approximate surface area is 194 Å². The van der Waals surface area contributed by atoms with Crippen molar-refractivity contribution >= 4 is 28.6 Å². The van der Waals surface area contributed by atoms with Crippen molar-refractivity contribution in [1.82, 2.24) is 15.2 Å². The number of carbonyl (C=O) groups excluding carboxylic acids is 2. The number of piperidine rings is 1. The van der Waals surface area contributed by atoms with Crippen LogP contribution in [0.1, 0.15) is 42.7 Å². The average molecular weight is 449 g/mol. The van der Waals surface area contributed by atoms with Crippen LogP contribution in [0.15, 0.2) is 54.7 Å². The molecule has 2 heterocycles. The summed E-state index contributed by atoms with van der Waals surface area (Å²) >= 11 is 0. The summed E-state index contributed by atoms with van der Waals surface area (Å²) < 4.78 is 5.21. The molecule has 0 bridgehead atoms. The molecule has 2 aromatic carbocycles. The molecule has 33 heavy (non-hydrogen) atoms. The summed E-state index contributed by atoms with van der Waals surface area (Å²) in [6.45, 7) is 4.42. The number of esters is 1. The van der Waals surface area contributed by atoms with Crippen molar-refractivity contribution in [3.63, 3.8) is 0 Å². The second-order valence-corrected chi connectivity index (χ2v) is 8.63. The van der Waals surface area contributed by atoms with Crippen LogP contribution in [-0.2, 0) is 9.53 Å². The Morgan fingerprint density at radius 2 is 1.91 bits per heavy atom. The van der Waals surface area contributed by atoms with Gasteiger partial charge in [-0.3, -0.25) is 4.79 Å². The second kappa shape index (κ2) is 10.5. The highest BCUT2D eigenvalue weighted by Gasteiger charge is 2.23. The van der Waals surface area contributed by atoms with Crippen LogP contribution in [0.25, 0.3) is 10.9 Å². The summed E-state index contributed by atoms with van der Waals surface area (Å²) in [4.78, 5) is 30.8. The standard InChI is InChI=1S/C26H32N4O3/c1-3-33-25(31)23(18-7-5-4-6-8-18)17-28-26(32)29-20-9-10-24-21(15-20)22(16-27-24)19-11-13-30(2)14-12-19/h4-10,15-16,19,23,27H,3,11-14,17H2,1-2H3,(H2,28,29,32). The van der Waals surface area contributed by atoms with E-state index in [4.69, 9.17) is 4.74 Å². The first kappa shape index (κ1) is 22.9. The summed E-state index contributed by atoms with van der Waals surface area (Å²) in [7, 11) is 2.16. The Bertz CT molecular complexity index is 1090. The van der Waals surface area contributed by atoms with Crippen LogP contribution in [-0.4, -0.2) is 55.2 Å². The summed E-state index contributed by atoms with van der Waals surface area (Å²) in [6, 6.07) is 14.9. The lowest BCUT2D eigenvalue weighted by atomic mass is 9.89. The van der Waals surface area contributed by atoms with Crippen LogP contribution in [0.5, 0.6) is 0 Å². The van der Waals surface area contributed by atoms with Crippen LogP contribution in [0.2, 0.25) is 0 Å². The van der Waals surface area contributed by atoms with Gasteiger partial charge in [0.2, 0.25) is 0 Å². The number of nitrogens with one attached hydrogen (secondary N) is 3. The third-order valence-electron chi connectivity index (χ3n) is 6.37. The van der Waals surface area contributed by atoms with Crippen molar-refractivity contribution in [3.05, 3.63) is 65.9 Å². The van der Waals surface area contributed by atoms with Crippen LogP contribution in [0, 0.1) is 0 Å². The molecule has 0 saturated carbocycles. The van der Waals surface area contributed by atoms with E-state index >= 15 is 0 Å². The quantitative estimate of drug-likeness (QED) is 0.466. The number of aromatic amines is 1. The number of ether oxygens (including phenoxy) is 1. The van der Waals surface area contributed by atoms with E-state index in [9.17, 15) is 9.59 Å². The van der Waals surface area contributed by atoms with Gasteiger partial charge in [-0.1, -0.05) is 30.3 Å². The molecule has 4 rings (SSSR count). The van der Waals surface area contributed by atoms with Crippen LogP contribution in [0.3, 0.4) is 0 Å². The van der Waals surface area contributed by atoms with Gasteiger partial charge < -0.3 is 25.3 Å². The summed E-state index contributed by atoms with van der Waals surface area (Å²) in [5.74, 6) is -0.379. The molecule has 1 unspecified atom stereocenters. The van der Waals surface area contributed by atoms with Gasteiger partial charge in [0.25, 0.3) is 0 Å². The molecule has 3 N–H and O–H groups in total. The third-order valence-corrected chi connectivity index (χ3v) is 6.37. The Kier molecular flexibility index (Phi) is 7.29. The van der Waals surface area contributed by atoms with Gasteiger partial charge >= 0.3 is 12.0 Å². The lowest BCUT2D eigenvalue weighted by Gasteiger charge is -2.28. The number of hydrogen-bond acceptors (Lipinski definition) is 4. The van der Waals surface area contributed by atoms with Crippen molar-refractivity contribution in [2.24, 2.45) is 0 Å². The predicted molar refractivity (Wildman–Crippen MR) is 131 cm³/mol. The van der Waals surface area contributed by atoms with E-state index in [0.29, 0.717) is 12.5 Å². The second-order valence-electron chi connectivity index (χ2n) is 8.63. The maximum atomic E-state index is 12.6. The van der Waals surface area contributed by atoms with Gasteiger partial charge in [0.15, 0.2) is 0 Å². The molecule has 1 aliphatic heterocycles. The fraction of sp³-hybridized carbons (Fsp3) is 0.385. The smallest absolute Gasteiger partial charge is 0.319 e. The minimum atomic E-state index is -0.555. The van der Waals surface area contributed by atoms with Crippen molar-refractivity contribution in [3.8, 4) is 0 Å². The fourth-order valence-corrected chi connectivity index (χ4v) is 4.51. The lowest BCUT2D eigenvalue weighted by Crippen LogP contribution is -2.35. The first-order chi connectivity index (χ1) is 16.0. The summed E-state index contributed by atoms with van der Waals surface area (Å²) in [5.41, 5.74) is 3.92. The van der Waals surface area contributed by atoms with E-state index in [2.05, 4.69) is 33.8 Å². The summed E-state index contributed by atoms with van der Waals surface area (Å²) in [5, 5.41) is 6.89. The number of rotatable bonds is 7. The number of aromatic nitrogens is 1. The molecular weight excluding hydrogens is 416 g/mol. The Morgan fingerprint density at radius 1 is 1.15 bits per heavy atom. The largest absolute Gasteiger partial charge is 0.465 e. The average Bonchev–Trinajstić information content (AvgIpc) is 3.24. The van der Waals surface area contributed by atoms with Crippen LogP contribution < -0.4 is 10.6 Å². The number of likely N-dealkylation sites (tertiary alicyclic amines) is 1. The topological polar surface area (TPSA) is 86.5 Å². The fourth-order valence-electron chi connectivity index (χ4n) is 4.51. The molecule has 2 amide bonds. The van der Waals surface area contributed by atoms with Crippen molar-refractivity contribution in [1.29, 1.82) is 0 Å². The first-order valence-electron chi connectivity index (χ1n) is 11.6. The Hall–Kier alpha value is -3.32. The molecule has 7 nitrogen and oxygen atoms in total. The zero-order valence-electron chi connectivity index (χ0n) is 19.3. The van der Waals surface area contributed by atoms with Crippen molar-refractivity contribution < 1.29 is 14.3 Å². The zero-order chi connectivity index (χ0) is 23.2.